The Morgan fingerprint density at radius 3 is 2.57 bits per heavy atom. The lowest BCUT2D eigenvalue weighted by atomic mass is 9.94. The molecule has 0 N–H and O–H groups in total. The van der Waals surface area contributed by atoms with Crippen LogP contribution in [0.2, 0.25) is 0 Å². The van der Waals surface area contributed by atoms with Gasteiger partial charge in [0.25, 0.3) is 0 Å². The van der Waals surface area contributed by atoms with Crippen LogP contribution in [0.5, 0.6) is 0 Å². The molecule has 4 rings (SSSR count). The van der Waals surface area contributed by atoms with Crippen LogP contribution < -0.4 is 0 Å². The molecule has 0 radical (unpaired) electrons. The zero-order chi connectivity index (χ0) is 15.8. The third kappa shape index (κ3) is 2.84. The quantitative estimate of drug-likeness (QED) is 0.873. The van der Waals surface area contributed by atoms with E-state index >= 15 is 0 Å². The summed E-state index contributed by atoms with van der Waals surface area (Å²) in [6.45, 7) is 6.73. The maximum Gasteiger partial charge on any atom is 0.149 e. The molecule has 1 aromatic carbocycles. The van der Waals surface area contributed by atoms with Gasteiger partial charge in [-0.25, -0.2) is 9.97 Å². The highest BCUT2D eigenvalue weighted by molar-refractivity contribution is 6.03. The number of aryl methyl sites for hydroxylation is 2. The number of fused-ring (bicyclic) bond motifs is 1. The Balaban J connectivity index is 1.46. The molecule has 5 heteroatoms. The SMILES string of the molecule is Cc1ccc(C2=NO[C@H]3CN(Cc4cnc(C)nc4)C[C@H]23)cc1. The molecule has 0 spiro atoms. The maximum absolute atomic E-state index is 5.68. The van der Waals surface area contributed by atoms with E-state index in [1.165, 1.54) is 11.1 Å². The van der Waals surface area contributed by atoms with E-state index in [-0.39, 0.29) is 6.10 Å². The molecule has 0 aliphatic carbocycles. The molecular weight excluding hydrogens is 288 g/mol. The fourth-order valence-corrected chi connectivity index (χ4v) is 3.29. The Morgan fingerprint density at radius 2 is 1.83 bits per heavy atom. The van der Waals surface area contributed by atoms with Gasteiger partial charge < -0.3 is 4.84 Å². The predicted molar refractivity (Wildman–Crippen MR) is 88.1 cm³/mol. The van der Waals surface area contributed by atoms with Crippen molar-refractivity contribution >= 4 is 5.71 Å². The van der Waals surface area contributed by atoms with Crippen LogP contribution in [0.1, 0.15) is 22.5 Å². The minimum Gasteiger partial charge on any atom is -0.390 e. The highest BCUT2D eigenvalue weighted by Gasteiger charge is 2.42. The first kappa shape index (κ1) is 14.3. The van der Waals surface area contributed by atoms with Gasteiger partial charge in [0.05, 0.1) is 11.6 Å². The van der Waals surface area contributed by atoms with E-state index in [1.807, 2.05) is 19.3 Å². The summed E-state index contributed by atoms with van der Waals surface area (Å²) in [5.41, 5.74) is 4.66. The van der Waals surface area contributed by atoms with E-state index in [0.717, 1.165) is 36.7 Å². The first-order valence-electron chi connectivity index (χ1n) is 7.99. The molecule has 2 aliphatic rings. The first-order chi connectivity index (χ1) is 11.2. The van der Waals surface area contributed by atoms with E-state index in [9.17, 15) is 0 Å². The molecule has 1 fully saturated rings. The predicted octanol–water partition coefficient (Wildman–Crippen LogP) is 2.33. The summed E-state index contributed by atoms with van der Waals surface area (Å²) in [7, 11) is 0. The zero-order valence-corrected chi connectivity index (χ0v) is 13.4. The Hall–Kier alpha value is -2.27. The van der Waals surface area contributed by atoms with Crippen LogP contribution in [0.4, 0.5) is 0 Å². The summed E-state index contributed by atoms with van der Waals surface area (Å²) in [6, 6.07) is 8.52. The van der Waals surface area contributed by atoms with E-state index in [4.69, 9.17) is 4.84 Å². The van der Waals surface area contributed by atoms with E-state index in [2.05, 4.69) is 51.2 Å². The fraction of sp³-hybridized carbons (Fsp3) is 0.389. The average molecular weight is 308 g/mol. The van der Waals surface area contributed by atoms with Gasteiger partial charge in [-0.2, -0.15) is 0 Å². The molecule has 1 aromatic heterocycles. The minimum atomic E-state index is 0.165. The lowest BCUT2D eigenvalue weighted by molar-refractivity contribution is 0.0745. The van der Waals surface area contributed by atoms with Crippen LogP contribution in [0.25, 0.3) is 0 Å². The lowest BCUT2D eigenvalue weighted by Gasteiger charge is -2.16. The summed E-state index contributed by atoms with van der Waals surface area (Å²) in [5.74, 6) is 1.16. The summed E-state index contributed by atoms with van der Waals surface area (Å²) >= 11 is 0. The number of oxime groups is 1. The number of hydrogen-bond donors (Lipinski definition) is 0. The third-order valence-electron chi connectivity index (χ3n) is 4.57. The van der Waals surface area contributed by atoms with Crippen LogP contribution in [0, 0.1) is 19.8 Å². The Bertz CT molecular complexity index is 724. The molecule has 2 aromatic rings. The van der Waals surface area contributed by atoms with Crippen molar-refractivity contribution in [3.05, 3.63) is 59.2 Å². The van der Waals surface area contributed by atoms with Gasteiger partial charge in [0.2, 0.25) is 0 Å². The molecule has 0 amide bonds. The number of hydrogen-bond acceptors (Lipinski definition) is 5. The van der Waals surface area contributed by atoms with Crippen molar-refractivity contribution in [3.63, 3.8) is 0 Å². The van der Waals surface area contributed by atoms with Gasteiger partial charge >= 0.3 is 0 Å². The second-order valence-electron chi connectivity index (χ2n) is 6.43. The van der Waals surface area contributed by atoms with Crippen LogP contribution in [0.15, 0.2) is 41.8 Å². The Kier molecular flexibility index (Phi) is 3.58. The number of aromatic nitrogens is 2. The third-order valence-corrected chi connectivity index (χ3v) is 4.57. The van der Waals surface area contributed by atoms with Gasteiger partial charge in [-0.1, -0.05) is 35.0 Å². The number of likely N-dealkylation sites (tertiary alicyclic amines) is 1. The fourth-order valence-electron chi connectivity index (χ4n) is 3.29. The smallest absolute Gasteiger partial charge is 0.149 e. The van der Waals surface area contributed by atoms with Gasteiger partial charge in [0.15, 0.2) is 0 Å². The van der Waals surface area contributed by atoms with Crippen LogP contribution >= 0.6 is 0 Å². The van der Waals surface area contributed by atoms with E-state index in [1.54, 1.807) is 0 Å². The van der Waals surface area contributed by atoms with Crippen molar-refractivity contribution in [2.45, 2.75) is 26.5 Å². The largest absolute Gasteiger partial charge is 0.390 e. The molecule has 3 heterocycles. The maximum atomic E-state index is 5.68. The van der Waals surface area contributed by atoms with Crippen LogP contribution in [0.3, 0.4) is 0 Å². The average Bonchev–Trinajstić information content (AvgIpc) is 3.11. The monoisotopic (exact) mass is 308 g/mol. The van der Waals surface area contributed by atoms with Gasteiger partial charge in [-0.15, -0.1) is 0 Å². The minimum absolute atomic E-state index is 0.165. The zero-order valence-electron chi connectivity index (χ0n) is 13.4. The second kappa shape index (κ2) is 5.74. The van der Waals surface area contributed by atoms with Crippen molar-refractivity contribution in [1.82, 2.24) is 14.9 Å². The van der Waals surface area contributed by atoms with Crippen molar-refractivity contribution in [3.8, 4) is 0 Å². The lowest BCUT2D eigenvalue weighted by Crippen LogP contribution is -2.23. The Morgan fingerprint density at radius 1 is 1.09 bits per heavy atom. The number of benzene rings is 1. The topological polar surface area (TPSA) is 50.6 Å². The van der Waals surface area contributed by atoms with Gasteiger partial charge in [0.1, 0.15) is 11.9 Å². The van der Waals surface area contributed by atoms with Gasteiger partial charge in [-0.05, 0) is 19.4 Å². The van der Waals surface area contributed by atoms with Crippen molar-refractivity contribution in [2.75, 3.05) is 13.1 Å². The number of rotatable bonds is 3. The van der Waals surface area contributed by atoms with Gasteiger partial charge in [0, 0.05) is 37.6 Å². The molecule has 0 saturated carbocycles. The standard InChI is InChI=1S/C18H20N4O/c1-12-3-5-15(6-4-12)18-16-10-22(11-17(16)23-21-18)9-14-7-19-13(2)20-8-14/h3-8,16-17H,9-11H2,1-2H3/t16-,17-/m0/s1. The van der Waals surface area contributed by atoms with Crippen molar-refractivity contribution in [1.29, 1.82) is 0 Å². The molecular formula is C18H20N4O. The molecule has 118 valence electrons. The summed E-state index contributed by atoms with van der Waals surface area (Å²) in [5, 5.41) is 4.34. The van der Waals surface area contributed by atoms with Crippen LogP contribution in [-0.2, 0) is 11.4 Å². The molecule has 0 unspecified atom stereocenters. The van der Waals surface area contributed by atoms with Crippen molar-refractivity contribution < 1.29 is 4.84 Å². The number of nitrogens with zero attached hydrogens (tertiary/aromatic N) is 4. The van der Waals surface area contributed by atoms with E-state index in [0.29, 0.717) is 5.92 Å². The van der Waals surface area contributed by atoms with E-state index < -0.39 is 0 Å². The van der Waals surface area contributed by atoms with Gasteiger partial charge in [-0.3, -0.25) is 4.90 Å². The van der Waals surface area contributed by atoms with Crippen molar-refractivity contribution in [2.24, 2.45) is 11.1 Å². The van der Waals surface area contributed by atoms with Crippen LogP contribution in [-0.4, -0.2) is 39.8 Å². The highest BCUT2D eigenvalue weighted by atomic mass is 16.6. The highest BCUT2D eigenvalue weighted by Crippen LogP contribution is 2.30. The normalized spacial score (nSPS) is 23.5. The second-order valence-corrected chi connectivity index (χ2v) is 6.43. The summed E-state index contributed by atoms with van der Waals surface area (Å²) < 4.78 is 0. The molecule has 1 saturated heterocycles. The molecule has 2 aliphatic heterocycles. The summed E-state index contributed by atoms with van der Waals surface area (Å²) in [6.07, 6.45) is 3.98. The molecule has 23 heavy (non-hydrogen) atoms. The molecule has 5 nitrogen and oxygen atoms in total. The summed E-state index contributed by atoms with van der Waals surface area (Å²) in [4.78, 5) is 16.6. The Labute approximate surface area is 136 Å². The molecule has 0 bridgehead atoms. The molecule has 2 atom stereocenters. The first-order valence-corrected chi connectivity index (χ1v) is 7.99.